The molecule has 2 heteroatoms. The fourth-order valence-electron chi connectivity index (χ4n) is 1.87. The Kier molecular flexibility index (Phi) is 3.12. The lowest BCUT2D eigenvalue weighted by Crippen LogP contribution is -2.39. The van der Waals surface area contributed by atoms with Crippen LogP contribution in [0, 0.1) is 5.92 Å². The number of ketones is 1. The standard InChI is InChI=1S/C11H21NO/c1-9(2)5-6-12-8-10(13)7-11(12,3)4/h9H,5-8H2,1-4H3. The van der Waals surface area contributed by atoms with Crippen molar-refractivity contribution >= 4 is 5.78 Å². The van der Waals surface area contributed by atoms with Gasteiger partial charge in [-0.05, 0) is 32.7 Å². The number of likely N-dealkylation sites (tertiary alicyclic amines) is 1. The summed E-state index contributed by atoms with van der Waals surface area (Å²) >= 11 is 0. The number of nitrogens with zero attached hydrogens (tertiary/aromatic N) is 1. The maximum absolute atomic E-state index is 11.3. The monoisotopic (exact) mass is 183 g/mol. The van der Waals surface area contributed by atoms with Crippen LogP contribution in [0.25, 0.3) is 0 Å². The van der Waals surface area contributed by atoms with Gasteiger partial charge >= 0.3 is 0 Å². The van der Waals surface area contributed by atoms with E-state index in [1.54, 1.807) is 0 Å². The number of carbonyl (C=O) groups excluding carboxylic acids is 1. The summed E-state index contributed by atoms with van der Waals surface area (Å²) in [5.41, 5.74) is 0.103. The minimum Gasteiger partial charge on any atom is -0.298 e. The zero-order chi connectivity index (χ0) is 10.1. The molecule has 76 valence electrons. The quantitative estimate of drug-likeness (QED) is 0.667. The average molecular weight is 183 g/mol. The number of carbonyl (C=O) groups is 1. The van der Waals surface area contributed by atoms with Gasteiger partial charge in [0, 0.05) is 12.0 Å². The van der Waals surface area contributed by atoms with Gasteiger partial charge in [-0.15, -0.1) is 0 Å². The van der Waals surface area contributed by atoms with Crippen LogP contribution >= 0.6 is 0 Å². The van der Waals surface area contributed by atoms with E-state index in [2.05, 4.69) is 32.6 Å². The Bertz CT molecular complexity index is 196. The highest BCUT2D eigenvalue weighted by Gasteiger charge is 2.36. The van der Waals surface area contributed by atoms with Gasteiger partial charge in [0.2, 0.25) is 0 Å². The van der Waals surface area contributed by atoms with E-state index in [1.165, 1.54) is 6.42 Å². The molecule has 0 saturated carbocycles. The van der Waals surface area contributed by atoms with E-state index in [0.717, 1.165) is 18.9 Å². The molecule has 0 spiro atoms. The highest BCUT2D eigenvalue weighted by atomic mass is 16.1. The average Bonchev–Trinajstić information content (AvgIpc) is 2.19. The lowest BCUT2D eigenvalue weighted by atomic mass is 10.0. The van der Waals surface area contributed by atoms with Gasteiger partial charge in [-0.25, -0.2) is 0 Å². The lowest BCUT2D eigenvalue weighted by Gasteiger charge is -2.30. The Balaban J connectivity index is 2.45. The van der Waals surface area contributed by atoms with E-state index in [1.807, 2.05) is 0 Å². The third kappa shape index (κ3) is 2.80. The fraction of sp³-hybridized carbons (Fsp3) is 0.909. The second-order valence-corrected chi connectivity index (χ2v) is 5.13. The molecule has 1 saturated heterocycles. The maximum atomic E-state index is 11.3. The lowest BCUT2D eigenvalue weighted by molar-refractivity contribution is -0.117. The first kappa shape index (κ1) is 10.7. The van der Waals surface area contributed by atoms with Crippen molar-refractivity contribution in [2.75, 3.05) is 13.1 Å². The molecule has 1 fully saturated rings. The molecule has 0 amide bonds. The molecule has 0 unspecified atom stereocenters. The fourth-order valence-corrected chi connectivity index (χ4v) is 1.87. The maximum Gasteiger partial charge on any atom is 0.148 e. The molecule has 0 bridgehead atoms. The van der Waals surface area contributed by atoms with Crippen LogP contribution < -0.4 is 0 Å². The van der Waals surface area contributed by atoms with E-state index in [-0.39, 0.29) is 5.54 Å². The van der Waals surface area contributed by atoms with Crippen LogP contribution in [0.4, 0.5) is 0 Å². The van der Waals surface area contributed by atoms with E-state index in [4.69, 9.17) is 0 Å². The highest BCUT2D eigenvalue weighted by Crippen LogP contribution is 2.26. The van der Waals surface area contributed by atoms with Crippen LogP contribution in [-0.4, -0.2) is 29.3 Å². The molecule has 0 radical (unpaired) electrons. The van der Waals surface area contributed by atoms with Gasteiger partial charge in [0.1, 0.15) is 5.78 Å². The summed E-state index contributed by atoms with van der Waals surface area (Å²) in [6.07, 6.45) is 1.92. The molecule has 13 heavy (non-hydrogen) atoms. The van der Waals surface area contributed by atoms with Crippen molar-refractivity contribution in [1.29, 1.82) is 0 Å². The van der Waals surface area contributed by atoms with E-state index < -0.39 is 0 Å². The molecule has 0 N–H and O–H groups in total. The van der Waals surface area contributed by atoms with Crippen LogP contribution in [0.1, 0.15) is 40.5 Å². The summed E-state index contributed by atoms with van der Waals surface area (Å²) in [4.78, 5) is 13.6. The summed E-state index contributed by atoms with van der Waals surface area (Å²) in [7, 11) is 0. The van der Waals surface area contributed by atoms with Crippen molar-refractivity contribution < 1.29 is 4.79 Å². The van der Waals surface area contributed by atoms with Crippen molar-refractivity contribution in [3.05, 3.63) is 0 Å². The first-order chi connectivity index (χ1) is 5.92. The Morgan fingerprint density at radius 1 is 1.46 bits per heavy atom. The Morgan fingerprint density at radius 2 is 2.08 bits per heavy atom. The molecular formula is C11H21NO. The molecule has 2 nitrogen and oxygen atoms in total. The molecule has 1 rings (SSSR count). The molecule has 0 aromatic heterocycles. The molecular weight excluding hydrogens is 162 g/mol. The zero-order valence-corrected chi connectivity index (χ0v) is 9.26. The van der Waals surface area contributed by atoms with Gasteiger partial charge in [-0.3, -0.25) is 9.69 Å². The zero-order valence-electron chi connectivity index (χ0n) is 9.26. The van der Waals surface area contributed by atoms with Gasteiger partial charge in [0.05, 0.1) is 6.54 Å². The van der Waals surface area contributed by atoms with Crippen molar-refractivity contribution in [1.82, 2.24) is 4.90 Å². The van der Waals surface area contributed by atoms with Gasteiger partial charge in [-0.1, -0.05) is 13.8 Å². The van der Waals surface area contributed by atoms with E-state index in [0.29, 0.717) is 12.3 Å². The second kappa shape index (κ2) is 3.79. The summed E-state index contributed by atoms with van der Waals surface area (Å²) in [5, 5.41) is 0. The first-order valence-electron chi connectivity index (χ1n) is 5.18. The van der Waals surface area contributed by atoms with Crippen LogP contribution in [0.3, 0.4) is 0 Å². The van der Waals surface area contributed by atoms with Gasteiger partial charge < -0.3 is 0 Å². The largest absolute Gasteiger partial charge is 0.298 e. The van der Waals surface area contributed by atoms with Gasteiger partial charge in [0.15, 0.2) is 0 Å². The molecule has 1 aliphatic rings. The summed E-state index contributed by atoms with van der Waals surface area (Å²) < 4.78 is 0. The van der Waals surface area contributed by atoms with Crippen LogP contribution in [0.2, 0.25) is 0 Å². The predicted octanol–water partition coefficient (Wildman–Crippen LogP) is 2.09. The third-order valence-electron chi connectivity index (χ3n) is 2.83. The van der Waals surface area contributed by atoms with Crippen molar-refractivity contribution in [2.24, 2.45) is 5.92 Å². The van der Waals surface area contributed by atoms with Gasteiger partial charge in [-0.2, -0.15) is 0 Å². The van der Waals surface area contributed by atoms with Crippen LogP contribution in [0.15, 0.2) is 0 Å². The summed E-state index contributed by atoms with van der Waals surface area (Å²) in [6.45, 7) is 10.5. The molecule has 1 heterocycles. The minimum absolute atomic E-state index is 0.103. The Labute approximate surface area is 81.3 Å². The Hall–Kier alpha value is -0.370. The van der Waals surface area contributed by atoms with E-state index in [9.17, 15) is 4.79 Å². The normalized spacial score (nSPS) is 23.0. The van der Waals surface area contributed by atoms with Crippen LogP contribution in [0.5, 0.6) is 0 Å². The topological polar surface area (TPSA) is 20.3 Å². The number of hydrogen-bond acceptors (Lipinski definition) is 2. The number of Topliss-reactive ketones (excluding diaryl/α,β-unsaturated/α-hetero) is 1. The molecule has 0 atom stereocenters. The van der Waals surface area contributed by atoms with Crippen LogP contribution in [-0.2, 0) is 4.79 Å². The smallest absolute Gasteiger partial charge is 0.148 e. The number of hydrogen-bond donors (Lipinski definition) is 0. The van der Waals surface area contributed by atoms with Crippen molar-refractivity contribution in [3.8, 4) is 0 Å². The third-order valence-corrected chi connectivity index (χ3v) is 2.83. The predicted molar refractivity (Wildman–Crippen MR) is 54.7 cm³/mol. The molecule has 0 aliphatic carbocycles. The Morgan fingerprint density at radius 3 is 2.46 bits per heavy atom. The minimum atomic E-state index is 0.103. The highest BCUT2D eigenvalue weighted by molar-refractivity contribution is 5.84. The molecule has 0 aromatic rings. The molecule has 0 aromatic carbocycles. The summed E-state index contributed by atoms with van der Waals surface area (Å²) in [5.74, 6) is 1.13. The molecule has 1 aliphatic heterocycles. The van der Waals surface area contributed by atoms with Gasteiger partial charge in [0.25, 0.3) is 0 Å². The van der Waals surface area contributed by atoms with Crippen molar-refractivity contribution in [2.45, 2.75) is 46.1 Å². The van der Waals surface area contributed by atoms with Crippen molar-refractivity contribution in [3.63, 3.8) is 0 Å². The SMILES string of the molecule is CC(C)CCN1CC(=O)CC1(C)C. The second-order valence-electron chi connectivity index (χ2n) is 5.13. The van der Waals surface area contributed by atoms with E-state index >= 15 is 0 Å². The summed E-state index contributed by atoms with van der Waals surface area (Å²) in [6, 6.07) is 0. The number of rotatable bonds is 3. The first-order valence-corrected chi connectivity index (χ1v) is 5.18.